The third kappa shape index (κ3) is 3.42. The van der Waals surface area contributed by atoms with Crippen molar-refractivity contribution in [2.75, 3.05) is 26.2 Å². The van der Waals surface area contributed by atoms with Gasteiger partial charge in [-0.05, 0) is 73.5 Å². The van der Waals surface area contributed by atoms with Crippen molar-refractivity contribution in [3.63, 3.8) is 0 Å². The molecule has 4 aliphatic rings. The van der Waals surface area contributed by atoms with Crippen molar-refractivity contribution in [1.82, 2.24) is 9.21 Å². The van der Waals surface area contributed by atoms with Crippen molar-refractivity contribution in [3.8, 4) is 0 Å². The Kier molecular flexibility index (Phi) is 5.16. The van der Waals surface area contributed by atoms with Crippen LogP contribution in [0, 0.1) is 5.82 Å². The Hall–Kier alpha value is -1.76. The molecule has 32 heavy (non-hydrogen) atoms. The van der Waals surface area contributed by atoms with Crippen LogP contribution in [-0.2, 0) is 22.9 Å². The molecule has 6 heteroatoms. The maximum absolute atomic E-state index is 15.2. The van der Waals surface area contributed by atoms with Crippen LogP contribution in [0.1, 0.15) is 59.8 Å². The van der Waals surface area contributed by atoms with Crippen LogP contribution in [0.15, 0.2) is 42.5 Å². The Bertz CT molecular complexity index is 1110. The van der Waals surface area contributed by atoms with Crippen molar-refractivity contribution in [3.05, 3.63) is 70.5 Å². The summed E-state index contributed by atoms with van der Waals surface area (Å²) in [5.74, 6) is 0.176. The van der Waals surface area contributed by atoms with E-state index in [0.717, 1.165) is 50.8 Å². The van der Waals surface area contributed by atoms with Crippen molar-refractivity contribution < 1.29 is 12.8 Å². The summed E-state index contributed by atoms with van der Waals surface area (Å²) in [6.45, 7) is 3.12. The molecule has 2 unspecified atom stereocenters. The molecule has 2 aliphatic heterocycles. The van der Waals surface area contributed by atoms with Crippen LogP contribution < -0.4 is 0 Å². The van der Waals surface area contributed by atoms with Crippen molar-refractivity contribution >= 4 is 10.0 Å². The van der Waals surface area contributed by atoms with Crippen molar-refractivity contribution in [2.45, 2.75) is 61.7 Å². The second-order valence-corrected chi connectivity index (χ2v) is 12.4. The van der Waals surface area contributed by atoms with E-state index in [1.807, 2.05) is 6.07 Å². The number of nitrogens with zero attached hydrogens (tertiary/aromatic N) is 2. The first-order chi connectivity index (χ1) is 15.5. The van der Waals surface area contributed by atoms with Crippen molar-refractivity contribution in [1.29, 1.82) is 0 Å². The lowest BCUT2D eigenvalue weighted by Gasteiger charge is -2.42. The minimum absolute atomic E-state index is 0.0319. The summed E-state index contributed by atoms with van der Waals surface area (Å²) in [6.07, 6.45) is 5.68. The number of halogens is 1. The lowest BCUT2D eigenvalue weighted by molar-refractivity contribution is 0.106. The summed E-state index contributed by atoms with van der Waals surface area (Å²) < 4.78 is 42.1. The standard InChI is InChI=1S/C26H31FN2O2S/c27-25-13-19-14-26(28-10-5-11-28)24(12-18-6-2-1-3-7-18)22(19)15-23(25)20-16-29(17-20)32(30,31)21-8-4-9-21/h1-3,6-7,13,15,20-21,24,26H,4-5,8-12,14,16-17H2. The van der Waals surface area contributed by atoms with Gasteiger partial charge in [0.25, 0.3) is 0 Å². The molecule has 0 N–H and O–H groups in total. The topological polar surface area (TPSA) is 40.6 Å². The van der Waals surface area contributed by atoms with Gasteiger partial charge in [0.05, 0.1) is 5.25 Å². The number of hydrogen-bond acceptors (Lipinski definition) is 3. The summed E-state index contributed by atoms with van der Waals surface area (Å²) in [6, 6.07) is 14.9. The number of rotatable bonds is 6. The fraction of sp³-hybridized carbons (Fsp3) is 0.538. The van der Waals surface area contributed by atoms with Gasteiger partial charge < -0.3 is 0 Å². The molecule has 6 rings (SSSR count). The maximum atomic E-state index is 15.2. The van der Waals surface area contributed by atoms with E-state index in [-0.39, 0.29) is 17.0 Å². The van der Waals surface area contributed by atoms with Gasteiger partial charge in [0.1, 0.15) is 5.82 Å². The van der Waals surface area contributed by atoms with Gasteiger partial charge in [0, 0.05) is 31.0 Å². The fourth-order valence-electron chi connectivity index (χ4n) is 5.95. The lowest BCUT2D eigenvalue weighted by atomic mass is 9.85. The molecule has 170 valence electrons. The zero-order valence-electron chi connectivity index (χ0n) is 18.4. The highest BCUT2D eigenvalue weighted by atomic mass is 32.2. The van der Waals surface area contributed by atoms with Crippen LogP contribution in [0.5, 0.6) is 0 Å². The van der Waals surface area contributed by atoms with Crippen LogP contribution in [0.3, 0.4) is 0 Å². The minimum atomic E-state index is -3.19. The summed E-state index contributed by atoms with van der Waals surface area (Å²) in [5, 5.41) is -0.208. The number of sulfonamides is 1. The second kappa shape index (κ2) is 7.93. The predicted octanol–water partition coefficient (Wildman–Crippen LogP) is 4.06. The molecule has 1 saturated carbocycles. The van der Waals surface area contributed by atoms with E-state index in [0.29, 0.717) is 30.6 Å². The number of likely N-dealkylation sites (tertiary alicyclic amines) is 1. The Morgan fingerprint density at radius 2 is 1.72 bits per heavy atom. The quantitative estimate of drug-likeness (QED) is 0.661. The maximum Gasteiger partial charge on any atom is 0.217 e. The van der Waals surface area contributed by atoms with Crippen LogP contribution in [0.4, 0.5) is 4.39 Å². The molecule has 2 aliphatic carbocycles. The summed E-state index contributed by atoms with van der Waals surface area (Å²) in [7, 11) is -3.19. The molecular formula is C26H31FN2O2S. The molecule has 0 spiro atoms. The van der Waals surface area contributed by atoms with E-state index in [1.165, 1.54) is 17.5 Å². The van der Waals surface area contributed by atoms with Gasteiger partial charge >= 0.3 is 0 Å². The third-order valence-electron chi connectivity index (χ3n) is 8.33. The SMILES string of the molecule is O=S(=O)(C1CCC1)N1CC(c2cc3c(cc2F)CC(N2CCC2)C3Cc2ccccc2)C1. The van der Waals surface area contributed by atoms with E-state index >= 15 is 4.39 Å². The molecule has 0 amide bonds. The number of benzene rings is 2. The molecule has 2 saturated heterocycles. The predicted molar refractivity (Wildman–Crippen MR) is 124 cm³/mol. The van der Waals surface area contributed by atoms with E-state index in [4.69, 9.17) is 0 Å². The van der Waals surface area contributed by atoms with Crippen LogP contribution >= 0.6 is 0 Å². The molecule has 0 radical (unpaired) electrons. The third-order valence-corrected chi connectivity index (χ3v) is 10.7. The molecule has 2 atom stereocenters. The number of hydrogen-bond donors (Lipinski definition) is 0. The molecule has 4 nitrogen and oxygen atoms in total. The fourth-order valence-corrected chi connectivity index (χ4v) is 8.08. The Morgan fingerprint density at radius 3 is 2.34 bits per heavy atom. The zero-order valence-corrected chi connectivity index (χ0v) is 19.2. The average molecular weight is 455 g/mol. The molecule has 2 aromatic rings. The van der Waals surface area contributed by atoms with Gasteiger partial charge in [-0.3, -0.25) is 4.90 Å². The average Bonchev–Trinajstić information content (AvgIpc) is 2.95. The van der Waals surface area contributed by atoms with Crippen LogP contribution in [-0.4, -0.2) is 55.1 Å². The van der Waals surface area contributed by atoms with Gasteiger partial charge in [-0.1, -0.05) is 42.8 Å². The second-order valence-electron chi connectivity index (χ2n) is 10.1. The van der Waals surface area contributed by atoms with Gasteiger partial charge in [-0.2, -0.15) is 0 Å². The molecule has 2 aromatic carbocycles. The Balaban J connectivity index is 1.26. The van der Waals surface area contributed by atoms with Crippen LogP contribution in [0.2, 0.25) is 0 Å². The van der Waals surface area contributed by atoms with Gasteiger partial charge in [0.15, 0.2) is 0 Å². The minimum Gasteiger partial charge on any atom is -0.299 e. The van der Waals surface area contributed by atoms with E-state index < -0.39 is 10.0 Å². The monoisotopic (exact) mass is 454 g/mol. The van der Waals surface area contributed by atoms with E-state index in [2.05, 4.69) is 35.2 Å². The van der Waals surface area contributed by atoms with Gasteiger partial charge in [-0.25, -0.2) is 17.1 Å². The first-order valence-electron chi connectivity index (χ1n) is 12.1. The molecular weight excluding hydrogens is 423 g/mol. The van der Waals surface area contributed by atoms with Gasteiger partial charge in [0.2, 0.25) is 10.0 Å². The molecule has 0 aromatic heterocycles. The smallest absolute Gasteiger partial charge is 0.217 e. The zero-order chi connectivity index (χ0) is 21.9. The van der Waals surface area contributed by atoms with Crippen molar-refractivity contribution in [2.24, 2.45) is 0 Å². The summed E-state index contributed by atoms with van der Waals surface area (Å²) in [4.78, 5) is 2.56. The number of fused-ring (bicyclic) bond motifs is 1. The highest BCUT2D eigenvalue weighted by Gasteiger charge is 2.45. The highest BCUT2D eigenvalue weighted by molar-refractivity contribution is 7.89. The summed E-state index contributed by atoms with van der Waals surface area (Å²) in [5.41, 5.74) is 4.46. The van der Waals surface area contributed by atoms with Gasteiger partial charge in [-0.15, -0.1) is 0 Å². The molecule has 0 bridgehead atoms. The Labute approximate surface area is 190 Å². The van der Waals surface area contributed by atoms with E-state index in [9.17, 15) is 8.42 Å². The van der Waals surface area contributed by atoms with E-state index in [1.54, 1.807) is 10.4 Å². The Morgan fingerprint density at radius 1 is 0.969 bits per heavy atom. The lowest BCUT2D eigenvalue weighted by Crippen LogP contribution is -2.53. The highest BCUT2D eigenvalue weighted by Crippen LogP contribution is 2.44. The van der Waals surface area contributed by atoms with Crippen LogP contribution in [0.25, 0.3) is 0 Å². The first-order valence-corrected chi connectivity index (χ1v) is 13.6. The summed E-state index contributed by atoms with van der Waals surface area (Å²) >= 11 is 0. The molecule has 2 heterocycles. The largest absolute Gasteiger partial charge is 0.299 e. The normalized spacial score (nSPS) is 26.9. The first kappa shape index (κ1) is 20.8. The molecule has 3 fully saturated rings.